The third-order valence-electron chi connectivity index (χ3n) is 4.27. The molecule has 10 heteroatoms. The number of carbonyl (C=O) groups excluding carboxylic acids is 2. The highest BCUT2D eigenvalue weighted by atomic mass is 19.3. The summed E-state index contributed by atoms with van der Waals surface area (Å²) in [5.41, 5.74) is 1.17. The summed E-state index contributed by atoms with van der Waals surface area (Å²) in [5.74, 6) is -7.87. The zero-order valence-electron chi connectivity index (χ0n) is 16.3. The van der Waals surface area contributed by atoms with E-state index < -0.39 is 42.6 Å². The first-order valence-corrected chi connectivity index (χ1v) is 9.27. The van der Waals surface area contributed by atoms with E-state index in [1.165, 1.54) is 5.32 Å². The summed E-state index contributed by atoms with van der Waals surface area (Å²) in [7, 11) is 0. The SMILES string of the molecule is O=C(O)CNC(=O)C(F)(F)C(O)C(Cc1ccccc1)NC(=O)OCc1ccccc1. The first-order chi connectivity index (χ1) is 14.7. The Balaban J connectivity index is 2.11. The van der Waals surface area contributed by atoms with Crippen LogP contribution in [0.3, 0.4) is 0 Å². The molecular formula is C21H22F2N2O6. The highest BCUT2D eigenvalue weighted by Crippen LogP contribution is 2.23. The molecule has 2 unspecified atom stereocenters. The molecule has 4 N–H and O–H groups in total. The van der Waals surface area contributed by atoms with Crippen LogP contribution in [0.1, 0.15) is 11.1 Å². The number of hydrogen-bond donors (Lipinski definition) is 4. The van der Waals surface area contributed by atoms with E-state index in [0.29, 0.717) is 11.1 Å². The molecule has 0 saturated carbocycles. The van der Waals surface area contributed by atoms with Gasteiger partial charge in [-0.25, -0.2) is 4.79 Å². The summed E-state index contributed by atoms with van der Waals surface area (Å²) in [6, 6.07) is 15.2. The van der Waals surface area contributed by atoms with Gasteiger partial charge in [0, 0.05) is 0 Å². The summed E-state index contributed by atoms with van der Waals surface area (Å²) >= 11 is 0. The number of rotatable bonds is 10. The van der Waals surface area contributed by atoms with Crippen LogP contribution < -0.4 is 10.6 Å². The van der Waals surface area contributed by atoms with Crippen LogP contribution >= 0.6 is 0 Å². The van der Waals surface area contributed by atoms with Crippen molar-refractivity contribution < 1.29 is 38.1 Å². The van der Waals surface area contributed by atoms with Gasteiger partial charge >= 0.3 is 18.0 Å². The van der Waals surface area contributed by atoms with Gasteiger partial charge in [0.1, 0.15) is 19.3 Å². The molecule has 0 aliphatic heterocycles. The molecule has 0 saturated heterocycles. The van der Waals surface area contributed by atoms with Crippen molar-refractivity contribution in [3.05, 3.63) is 71.8 Å². The van der Waals surface area contributed by atoms with Crippen molar-refractivity contribution in [2.75, 3.05) is 6.54 Å². The lowest BCUT2D eigenvalue weighted by atomic mass is 9.96. The van der Waals surface area contributed by atoms with E-state index in [0.717, 1.165) is 0 Å². The molecule has 0 heterocycles. The van der Waals surface area contributed by atoms with Crippen LogP contribution in [0.15, 0.2) is 60.7 Å². The van der Waals surface area contributed by atoms with Crippen LogP contribution in [0.2, 0.25) is 0 Å². The Hall–Kier alpha value is -3.53. The van der Waals surface area contributed by atoms with E-state index in [-0.39, 0.29) is 13.0 Å². The molecule has 31 heavy (non-hydrogen) atoms. The van der Waals surface area contributed by atoms with Crippen molar-refractivity contribution in [1.82, 2.24) is 10.6 Å². The van der Waals surface area contributed by atoms with Crippen molar-refractivity contribution in [2.24, 2.45) is 0 Å². The lowest BCUT2D eigenvalue weighted by Crippen LogP contribution is -2.58. The lowest BCUT2D eigenvalue weighted by molar-refractivity contribution is -0.167. The van der Waals surface area contributed by atoms with E-state index >= 15 is 0 Å². The van der Waals surface area contributed by atoms with Crippen LogP contribution in [0.4, 0.5) is 13.6 Å². The third-order valence-corrected chi connectivity index (χ3v) is 4.27. The average molecular weight is 436 g/mol. The zero-order valence-corrected chi connectivity index (χ0v) is 16.3. The number of nitrogens with one attached hydrogen (secondary N) is 2. The number of alkyl carbamates (subject to hydrolysis) is 1. The molecule has 2 aromatic rings. The number of aliphatic hydroxyl groups excluding tert-OH is 1. The van der Waals surface area contributed by atoms with E-state index in [9.17, 15) is 28.3 Å². The molecule has 2 amide bonds. The highest BCUT2D eigenvalue weighted by Gasteiger charge is 2.50. The van der Waals surface area contributed by atoms with E-state index in [1.807, 2.05) is 0 Å². The molecule has 2 atom stereocenters. The molecule has 2 rings (SSSR count). The quantitative estimate of drug-likeness (QED) is 0.450. The Morgan fingerprint density at radius 1 is 0.968 bits per heavy atom. The second-order valence-electron chi connectivity index (χ2n) is 6.65. The predicted octanol–water partition coefficient (Wildman–Crippen LogP) is 1.72. The second-order valence-corrected chi connectivity index (χ2v) is 6.65. The number of amides is 2. The van der Waals surface area contributed by atoms with Gasteiger partial charge in [-0.2, -0.15) is 8.78 Å². The number of halogens is 2. The first kappa shape index (κ1) is 23.7. The van der Waals surface area contributed by atoms with Crippen molar-refractivity contribution in [2.45, 2.75) is 31.1 Å². The van der Waals surface area contributed by atoms with Gasteiger partial charge in [-0.1, -0.05) is 60.7 Å². The molecule has 166 valence electrons. The average Bonchev–Trinajstić information content (AvgIpc) is 2.76. The predicted molar refractivity (Wildman–Crippen MR) is 105 cm³/mol. The number of benzene rings is 2. The molecule has 0 radical (unpaired) electrons. The fourth-order valence-corrected chi connectivity index (χ4v) is 2.69. The maximum Gasteiger partial charge on any atom is 0.407 e. The van der Waals surface area contributed by atoms with Gasteiger partial charge in [0.25, 0.3) is 5.91 Å². The van der Waals surface area contributed by atoms with Crippen molar-refractivity contribution in [1.29, 1.82) is 0 Å². The molecule has 0 aliphatic rings. The van der Waals surface area contributed by atoms with Crippen molar-refractivity contribution in [3.63, 3.8) is 0 Å². The molecule has 0 fully saturated rings. The maximum atomic E-state index is 14.5. The fourth-order valence-electron chi connectivity index (χ4n) is 2.69. The smallest absolute Gasteiger partial charge is 0.407 e. The second kappa shape index (κ2) is 11.0. The number of carboxylic acid groups (broad SMARTS) is 1. The summed E-state index contributed by atoms with van der Waals surface area (Å²) < 4.78 is 34.0. The van der Waals surface area contributed by atoms with Gasteiger partial charge in [-0.3, -0.25) is 9.59 Å². The Bertz CT molecular complexity index is 880. The van der Waals surface area contributed by atoms with Crippen LogP contribution in [0.5, 0.6) is 0 Å². The molecular weight excluding hydrogens is 414 g/mol. The number of carbonyl (C=O) groups is 3. The minimum absolute atomic E-state index is 0.129. The minimum atomic E-state index is -4.37. The third kappa shape index (κ3) is 7.34. The topological polar surface area (TPSA) is 125 Å². The van der Waals surface area contributed by atoms with Gasteiger partial charge < -0.3 is 25.6 Å². The maximum absolute atomic E-state index is 14.5. The number of aliphatic hydroxyl groups is 1. The number of carboxylic acids is 1. The Morgan fingerprint density at radius 2 is 1.52 bits per heavy atom. The Morgan fingerprint density at radius 3 is 2.06 bits per heavy atom. The van der Waals surface area contributed by atoms with Gasteiger partial charge in [0.2, 0.25) is 0 Å². The monoisotopic (exact) mass is 436 g/mol. The van der Waals surface area contributed by atoms with E-state index in [4.69, 9.17) is 9.84 Å². The van der Waals surface area contributed by atoms with Crippen LogP contribution in [0, 0.1) is 0 Å². The first-order valence-electron chi connectivity index (χ1n) is 9.27. The largest absolute Gasteiger partial charge is 0.480 e. The van der Waals surface area contributed by atoms with Crippen molar-refractivity contribution >= 4 is 18.0 Å². The summed E-state index contributed by atoms with van der Waals surface area (Å²) in [4.78, 5) is 34.4. The van der Waals surface area contributed by atoms with Crippen LogP contribution in [-0.2, 0) is 27.4 Å². The van der Waals surface area contributed by atoms with Gasteiger partial charge in [0.15, 0.2) is 0 Å². The van der Waals surface area contributed by atoms with E-state index in [1.54, 1.807) is 60.7 Å². The molecule has 0 bridgehead atoms. The molecule has 0 aliphatic carbocycles. The van der Waals surface area contributed by atoms with Gasteiger partial charge in [-0.15, -0.1) is 0 Å². The Kier molecular flexibility index (Phi) is 8.44. The van der Waals surface area contributed by atoms with Crippen LogP contribution in [0.25, 0.3) is 0 Å². The molecule has 8 nitrogen and oxygen atoms in total. The summed E-state index contributed by atoms with van der Waals surface area (Å²) in [6.07, 6.45) is -3.94. The lowest BCUT2D eigenvalue weighted by Gasteiger charge is -2.29. The standard InChI is InChI=1S/C21H22F2N2O6/c22-21(23,19(29)24-12-17(26)27)18(28)16(11-14-7-3-1-4-8-14)25-20(30)31-13-15-9-5-2-6-10-15/h1-10,16,18,28H,11-13H2,(H,24,29)(H,25,30)(H,26,27). The minimum Gasteiger partial charge on any atom is -0.480 e. The number of hydrogen-bond acceptors (Lipinski definition) is 5. The fraction of sp³-hybridized carbons (Fsp3) is 0.286. The van der Waals surface area contributed by atoms with Gasteiger partial charge in [-0.05, 0) is 17.5 Å². The summed E-state index contributed by atoms with van der Waals surface area (Å²) in [5, 5.41) is 22.5. The van der Waals surface area contributed by atoms with Gasteiger partial charge in [0.05, 0.1) is 6.04 Å². The number of alkyl halides is 2. The zero-order chi connectivity index (χ0) is 22.9. The van der Waals surface area contributed by atoms with Crippen molar-refractivity contribution in [3.8, 4) is 0 Å². The normalized spacial score (nSPS) is 13.0. The molecule has 0 spiro atoms. The van der Waals surface area contributed by atoms with E-state index in [2.05, 4.69) is 5.32 Å². The number of ether oxygens (including phenoxy) is 1. The molecule has 2 aromatic carbocycles. The van der Waals surface area contributed by atoms with Crippen LogP contribution in [-0.4, -0.2) is 52.8 Å². The summed E-state index contributed by atoms with van der Waals surface area (Å²) in [6.45, 7) is -1.17. The number of aliphatic carboxylic acids is 1. The molecule has 0 aromatic heterocycles. The highest BCUT2D eigenvalue weighted by molar-refractivity contribution is 5.87. The Labute approximate surface area is 176 Å².